The number of halogens is 1. The maximum atomic E-state index is 12.6. The molecular formula is C19H22ClN3O. The molecule has 1 aliphatic heterocycles. The number of amides is 1. The number of aromatic nitrogens is 1. The van der Waals surface area contributed by atoms with Gasteiger partial charge in [0, 0.05) is 42.9 Å². The quantitative estimate of drug-likeness (QED) is 0.855. The molecule has 0 saturated carbocycles. The van der Waals surface area contributed by atoms with E-state index in [2.05, 4.69) is 22.9 Å². The summed E-state index contributed by atoms with van der Waals surface area (Å²) in [5, 5.41) is 0.799. The number of hydrogen-bond donors (Lipinski definition) is 0. The second-order valence-corrected chi connectivity index (χ2v) is 6.60. The van der Waals surface area contributed by atoms with Crippen LogP contribution in [0.1, 0.15) is 34.7 Å². The molecule has 1 amide bonds. The minimum atomic E-state index is 0.0174. The lowest BCUT2D eigenvalue weighted by atomic mass is 10.1. The Morgan fingerprint density at radius 3 is 2.46 bits per heavy atom. The van der Waals surface area contributed by atoms with Crippen LogP contribution in [0.2, 0.25) is 5.02 Å². The maximum absolute atomic E-state index is 12.6. The summed E-state index contributed by atoms with van der Waals surface area (Å²) in [7, 11) is 0. The molecule has 0 N–H and O–H groups in total. The van der Waals surface area contributed by atoms with Crippen LogP contribution in [0.15, 0.2) is 42.5 Å². The summed E-state index contributed by atoms with van der Waals surface area (Å²) in [6.07, 6.45) is 0. The van der Waals surface area contributed by atoms with Gasteiger partial charge in [-0.05, 0) is 37.6 Å². The van der Waals surface area contributed by atoms with E-state index < -0.39 is 0 Å². The van der Waals surface area contributed by atoms with E-state index in [1.807, 2.05) is 42.2 Å². The zero-order valence-electron chi connectivity index (χ0n) is 14.1. The van der Waals surface area contributed by atoms with Gasteiger partial charge in [-0.15, -0.1) is 0 Å². The Bertz CT molecular complexity index is 726. The average molecular weight is 344 g/mol. The summed E-state index contributed by atoms with van der Waals surface area (Å²) in [5.41, 5.74) is 2.54. The third-order valence-electron chi connectivity index (χ3n) is 4.61. The Labute approximate surface area is 148 Å². The predicted molar refractivity (Wildman–Crippen MR) is 96.3 cm³/mol. The van der Waals surface area contributed by atoms with Gasteiger partial charge in [-0.3, -0.25) is 9.69 Å². The number of hydrogen-bond acceptors (Lipinski definition) is 3. The van der Waals surface area contributed by atoms with E-state index in [4.69, 9.17) is 11.6 Å². The van der Waals surface area contributed by atoms with Crippen molar-refractivity contribution in [2.75, 3.05) is 26.2 Å². The van der Waals surface area contributed by atoms with Gasteiger partial charge in [0.15, 0.2) is 0 Å². The van der Waals surface area contributed by atoms with Gasteiger partial charge in [-0.25, -0.2) is 4.98 Å². The van der Waals surface area contributed by atoms with E-state index in [0.717, 1.165) is 29.4 Å². The molecule has 1 unspecified atom stereocenters. The summed E-state index contributed by atoms with van der Waals surface area (Å²) in [6.45, 7) is 7.17. The fourth-order valence-corrected chi connectivity index (χ4v) is 3.44. The van der Waals surface area contributed by atoms with E-state index >= 15 is 0 Å². The summed E-state index contributed by atoms with van der Waals surface area (Å²) >= 11 is 6.31. The lowest BCUT2D eigenvalue weighted by molar-refractivity contribution is 0.0576. The zero-order valence-corrected chi connectivity index (χ0v) is 14.8. The standard InChI is InChI=1S/C19H22ClN3O/c1-14-6-5-9-18(21-14)19(24)23-12-10-22(11-13-23)15(2)16-7-3-4-8-17(16)20/h3-9,15H,10-13H2,1-2H3. The topological polar surface area (TPSA) is 36.4 Å². The Hall–Kier alpha value is -1.91. The number of rotatable bonds is 3. The molecule has 1 aromatic carbocycles. The molecule has 1 aromatic heterocycles. The lowest BCUT2D eigenvalue weighted by Gasteiger charge is -2.38. The molecule has 1 saturated heterocycles. The first-order chi connectivity index (χ1) is 11.6. The highest BCUT2D eigenvalue weighted by molar-refractivity contribution is 6.31. The van der Waals surface area contributed by atoms with E-state index in [-0.39, 0.29) is 11.9 Å². The van der Waals surface area contributed by atoms with E-state index in [1.165, 1.54) is 0 Å². The molecule has 4 nitrogen and oxygen atoms in total. The van der Waals surface area contributed by atoms with Crippen LogP contribution in [0.4, 0.5) is 0 Å². The molecule has 1 atom stereocenters. The molecular weight excluding hydrogens is 322 g/mol. The van der Waals surface area contributed by atoms with Gasteiger partial charge < -0.3 is 4.90 Å². The van der Waals surface area contributed by atoms with Gasteiger partial charge in [0.2, 0.25) is 0 Å². The molecule has 24 heavy (non-hydrogen) atoms. The first kappa shape index (κ1) is 16.9. The Morgan fingerprint density at radius 2 is 1.79 bits per heavy atom. The number of benzene rings is 1. The van der Waals surface area contributed by atoms with Crippen molar-refractivity contribution >= 4 is 17.5 Å². The van der Waals surface area contributed by atoms with Crippen molar-refractivity contribution in [2.24, 2.45) is 0 Å². The summed E-state index contributed by atoms with van der Waals surface area (Å²) in [6, 6.07) is 13.8. The fraction of sp³-hybridized carbons (Fsp3) is 0.368. The molecule has 2 heterocycles. The largest absolute Gasteiger partial charge is 0.335 e. The van der Waals surface area contributed by atoms with Crippen LogP contribution in [-0.4, -0.2) is 46.9 Å². The van der Waals surface area contributed by atoms with Gasteiger partial charge in [0.05, 0.1) is 0 Å². The van der Waals surface area contributed by atoms with Crippen molar-refractivity contribution in [1.29, 1.82) is 0 Å². The highest BCUT2D eigenvalue weighted by Crippen LogP contribution is 2.27. The van der Waals surface area contributed by atoms with E-state index in [9.17, 15) is 4.79 Å². The molecule has 0 bridgehead atoms. The number of nitrogens with zero attached hydrogens (tertiary/aromatic N) is 3. The smallest absolute Gasteiger partial charge is 0.272 e. The van der Waals surface area contributed by atoms with Gasteiger partial charge >= 0.3 is 0 Å². The maximum Gasteiger partial charge on any atom is 0.272 e. The molecule has 1 fully saturated rings. The highest BCUT2D eigenvalue weighted by Gasteiger charge is 2.26. The first-order valence-electron chi connectivity index (χ1n) is 8.27. The number of piperazine rings is 1. The first-order valence-corrected chi connectivity index (χ1v) is 8.65. The third kappa shape index (κ3) is 3.60. The third-order valence-corrected chi connectivity index (χ3v) is 4.96. The molecule has 0 radical (unpaired) electrons. The molecule has 5 heteroatoms. The summed E-state index contributed by atoms with van der Waals surface area (Å²) < 4.78 is 0. The van der Waals surface area contributed by atoms with E-state index in [0.29, 0.717) is 18.8 Å². The molecule has 0 aliphatic carbocycles. The summed E-state index contributed by atoms with van der Waals surface area (Å²) in [4.78, 5) is 21.2. The Morgan fingerprint density at radius 1 is 1.08 bits per heavy atom. The van der Waals surface area contributed by atoms with Crippen molar-refractivity contribution in [3.05, 3.63) is 64.4 Å². The Kier molecular flexibility index (Phi) is 5.17. The van der Waals surface area contributed by atoms with Crippen LogP contribution in [0.5, 0.6) is 0 Å². The van der Waals surface area contributed by atoms with Crippen LogP contribution in [0, 0.1) is 6.92 Å². The monoisotopic (exact) mass is 343 g/mol. The SMILES string of the molecule is Cc1cccc(C(=O)N2CCN(C(C)c3ccccc3Cl)CC2)n1. The predicted octanol–water partition coefficient (Wildman–Crippen LogP) is 3.56. The van der Waals surface area contributed by atoms with Crippen LogP contribution in [0.25, 0.3) is 0 Å². The van der Waals surface area contributed by atoms with Crippen LogP contribution >= 0.6 is 11.6 Å². The normalized spacial score (nSPS) is 16.9. The molecule has 0 spiro atoms. The summed E-state index contributed by atoms with van der Waals surface area (Å²) in [5.74, 6) is 0.0174. The van der Waals surface area contributed by atoms with Gasteiger partial charge in [0.1, 0.15) is 5.69 Å². The minimum Gasteiger partial charge on any atom is -0.335 e. The van der Waals surface area contributed by atoms with E-state index in [1.54, 1.807) is 6.07 Å². The second kappa shape index (κ2) is 7.32. The molecule has 2 aromatic rings. The molecule has 126 valence electrons. The number of carbonyl (C=O) groups excluding carboxylic acids is 1. The van der Waals surface area contributed by atoms with Crippen molar-refractivity contribution in [2.45, 2.75) is 19.9 Å². The van der Waals surface area contributed by atoms with Crippen LogP contribution in [0.3, 0.4) is 0 Å². The Balaban J connectivity index is 1.63. The van der Waals surface area contributed by atoms with Crippen molar-refractivity contribution in [3.63, 3.8) is 0 Å². The molecule has 1 aliphatic rings. The molecule has 3 rings (SSSR count). The fourth-order valence-electron chi connectivity index (χ4n) is 3.15. The average Bonchev–Trinajstić information content (AvgIpc) is 2.61. The van der Waals surface area contributed by atoms with Crippen molar-refractivity contribution < 1.29 is 4.79 Å². The zero-order chi connectivity index (χ0) is 17.1. The second-order valence-electron chi connectivity index (χ2n) is 6.19. The van der Waals surface area contributed by atoms with Crippen LogP contribution in [-0.2, 0) is 0 Å². The number of pyridine rings is 1. The number of carbonyl (C=O) groups is 1. The number of aryl methyl sites for hydroxylation is 1. The van der Waals surface area contributed by atoms with Crippen molar-refractivity contribution in [3.8, 4) is 0 Å². The minimum absolute atomic E-state index is 0.0174. The highest BCUT2D eigenvalue weighted by atomic mass is 35.5. The van der Waals surface area contributed by atoms with Crippen LogP contribution < -0.4 is 0 Å². The van der Waals surface area contributed by atoms with Gasteiger partial charge in [0.25, 0.3) is 5.91 Å². The van der Waals surface area contributed by atoms with Gasteiger partial charge in [-0.1, -0.05) is 35.9 Å². The van der Waals surface area contributed by atoms with Crippen molar-refractivity contribution in [1.82, 2.24) is 14.8 Å². The lowest BCUT2D eigenvalue weighted by Crippen LogP contribution is -2.49. The van der Waals surface area contributed by atoms with Gasteiger partial charge in [-0.2, -0.15) is 0 Å².